The van der Waals surface area contributed by atoms with Gasteiger partial charge in [-0.1, -0.05) is 35.9 Å². The van der Waals surface area contributed by atoms with Crippen LogP contribution < -0.4 is 14.8 Å². The first kappa shape index (κ1) is 24.9. The predicted molar refractivity (Wildman–Crippen MR) is 131 cm³/mol. The molecule has 1 unspecified atom stereocenters. The fourth-order valence-corrected chi connectivity index (χ4v) is 4.69. The minimum absolute atomic E-state index is 0.196. The lowest BCUT2D eigenvalue weighted by Crippen LogP contribution is -2.25. The summed E-state index contributed by atoms with van der Waals surface area (Å²) in [6, 6.07) is 16.4. The molecule has 1 heterocycles. The van der Waals surface area contributed by atoms with E-state index in [1.165, 1.54) is 0 Å². The SMILES string of the molecule is CCOc1ccc(CCNC(=O)c2ccc(CS(=O)Cc3ccccc3Cl)o2)cc1OCC. The highest BCUT2D eigenvalue weighted by molar-refractivity contribution is 7.83. The van der Waals surface area contributed by atoms with Crippen LogP contribution in [0.3, 0.4) is 0 Å². The summed E-state index contributed by atoms with van der Waals surface area (Å²) in [6.07, 6.45) is 0.633. The second-order valence-corrected chi connectivity index (χ2v) is 9.10. The maximum atomic E-state index is 12.5. The molecule has 0 saturated carbocycles. The van der Waals surface area contributed by atoms with Gasteiger partial charge in [-0.25, -0.2) is 0 Å². The van der Waals surface area contributed by atoms with Crippen LogP contribution in [0.2, 0.25) is 5.02 Å². The molecule has 1 aromatic heterocycles. The number of carbonyl (C=O) groups is 1. The largest absolute Gasteiger partial charge is 0.490 e. The first-order chi connectivity index (χ1) is 16.0. The first-order valence-electron chi connectivity index (χ1n) is 10.8. The maximum absolute atomic E-state index is 12.5. The number of halogens is 1. The van der Waals surface area contributed by atoms with Gasteiger partial charge in [-0.05, 0) is 61.7 Å². The molecule has 3 rings (SSSR count). The summed E-state index contributed by atoms with van der Waals surface area (Å²) in [6.45, 7) is 5.40. The van der Waals surface area contributed by atoms with Crippen molar-refractivity contribution in [2.75, 3.05) is 19.8 Å². The molecule has 176 valence electrons. The molecule has 0 bridgehead atoms. The van der Waals surface area contributed by atoms with Crippen LogP contribution in [-0.4, -0.2) is 29.9 Å². The van der Waals surface area contributed by atoms with Crippen molar-refractivity contribution in [2.24, 2.45) is 0 Å². The Labute approximate surface area is 201 Å². The van der Waals surface area contributed by atoms with E-state index in [0.29, 0.717) is 54.2 Å². The van der Waals surface area contributed by atoms with Gasteiger partial charge >= 0.3 is 0 Å². The second kappa shape index (κ2) is 12.5. The normalized spacial score (nSPS) is 11.7. The van der Waals surface area contributed by atoms with Gasteiger partial charge in [-0.2, -0.15) is 0 Å². The molecule has 3 aromatic rings. The number of amides is 1. The Morgan fingerprint density at radius 2 is 1.76 bits per heavy atom. The molecule has 0 saturated heterocycles. The lowest BCUT2D eigenvalue weighted by molar-refractivity contribution is 0.0925. The minimum atomic E-state index is -1.20. The lowest BCUT2D eigenvalue weighted by atomic mass is 10.1. The molecule has 0 fully saturated rings. The zero-order chi connectivity index (χ0) is 23.6. The summed E-state index contributed by atoms with van der Waals surface area (Å²) in [5.74, 6) is 2.33. The third-order valence-electron chi connectivity index (χ3n) is 4.77. The van der Waals surface area contributed by atoms with Crippen LogP contribution in [0.15, 0.2) is 59.0 Å². The van der Waals surface area contributed by atoms with E-state index in [9.17, 15) is 9.00 Å². The van der Waals surface area contributed by atoms with Gasteiger partial charge in [-0.15, -0.1) is 0 Å². The van der Waals surface area contributed by atoms with Gasteiger partial charge in [0, 0.05) is 22.4 Å². The summed E-state index contributed by atoms with van der Waals surface area (Å²) < 4.78 is 29.3. The molecule has 2 aromatic carbocycles. The summed E-state index contributed by atoms with van der Waals surface area (Å²) >= 11 is 6.13. The van der Waals surface area contributed by atoms with Crippen LogP contribution in [0.5, 0.6) is 11.5 Å². The van der Waals surface area contributed by atoms with E-state index in [1.807, 2.05) is 50.2 Å². The summed E-state index contributed by atoms with van der Waals surface area (Å²) in [5, 5.41) is 3.44. The standard InChI is InChI=1S/C25H28ClNO5S/c1-3-30-22-11-9-18(15-24(22)31-4-2)13-14-27-25(28)23-12-10-20(32-23)17-33(29)16-19-7-5-6-8-21(19)26/h5-12,15H,3-4,13-14,16-17H2,1-2H3,(H,27,28). The van der Waals surface area contributed by atoms with E-state index in [1.54, 1.807) is 18.2 Å². The predicted octanol–water partition coefficient (Wildman–Crippen LogP) is 5.15. The van der Waals surface area contributed by atoms with Crippen LogP contribution in [0.1, 0.15) is 41.3 Å². The first-order valence-corrected chi connectivity index (χ1v) is 12.7. The average Bonchev–Trinajstić information content (AvgIpc) is 3.26. The van der Waals surface area contributed by atoms with E-state index in [2.05, 4.69) is 5.32 Å². The molecule has 1 amide bonds. The average molecular weight is 490 g/mol. The van der Waals surface area contributed by atoms with Crippen LogP contribution in [0, 0.1) is 0 Å². The van der Waals surface area contributed by atoms with Gasteiger partial charge in [-0.3, -0.25) is 9.00 Å². The Kier molecular flexibility index (Phi) is 9.39. The number of rotatable bonds is 12. The Hall–Kier alpha value is -2.77. The highest BCUT2D eigenvalue weighted by atomic mass is 35.5. The quantitative estimate of drug-likeness (QED) is 0.380. The van der Waals surface area contributed by atoms with Crippen molar-refractivity contribution in [3.63, 3.8) is 0 Å². The van der Waals surface area contributed by atoms with Crippen molar-refractivity contribution < 1.29 is 22.9 Å². The lowest BCUT2D eigenvalue weighted by Gasteiger charge is -2.12. The number of carbonyl (C=O) groups excluding carboxylic acids is 1. The molecular formula is C25H28ClNO5S. The Bertz CT molecular complexity index is 1100. The van der Waals surface area contributed by atoms with Gasteiger partial charge in [0.2, 0.25) is 0 Å². The molecule has 33 heavy (non-hydrogen) atoms. The number of nitrogens with one attached hydrogen (secondary N) is 1. The van der Waals surface area contributed by atoms with Crippen molar-refractivity contribution in [3.8, 4) is 11.5 Å². The molecule has 0 aliphatic rings. The molecule has 6 nitrogen and oxygen atoms in total. The van der Waals surface area contributed by atoms with E-state index in [0.717, 1.165) is 11.1 Å². The number of hydrogen-bond acceptors (Lipinski definition) is 5. The number of benzene rings is 2. The van der Waals surface area contributed by atoms with Crippen molar-refractivity contribution in [2.45, 2.75) is 31.8 Å². The van der Waals surface area contributed by atoms with Gasteiger partial charge in [0.1, 0.15) is 5.76 Å². The molecule has 1 N–H and O–H groups in total. The molecule has 0 radical (unpaired) electrons. The summed E-state index contributed by atoms with van der Waals surface area (Å²) in [4.78, 5) is 12.4. The fraction of sp³-hybridized carbons (Fsp3) is 0.320. The number of ether oxygens (including phenoxy) is 2. The number of hydrogen-bond donors (Lipinski definition) is 1. The minimum Gasteiger partial charge on any atom is -0.490 e. The highest BCUT2D eigenvalue weighted by Crippen LogP contribution is 2.28. The monoisotopic (exact) mass is 489 g/mol. The van der Waals surface area contributed by atoms with Gasteiger partial charge in [0.15, 0.2) is 17.3 Å². The van der Waals surface area contributed by atoms with Crippen LogP contribution >= 0.6 is 11.6 Å². The van der Waals surface area contributed by atoms with E-state index in [-0.39, 0.29) is 17.4 Å². The molecule has 0 aliphatic carbocycles. The van der Waals surface area contributed by atoms with Crippen molar-refractivity contribution in [3.05, 3.63) is 82.3 Å². The third-order valence-corrected chi connectivity index (χ3v) is 6.38. The second-order valence-electron chi connectivity index (χ2n) is 7.24. The van der Waals surface area contributed by atoms with Crippen molar-refractivity contribution >= 4 is 28.3 Å². The van der Waals surface area contributed by atoms with Crippen molar-refractivity contribution in [1.82, 2.24) is 5.32 Å². The van der Waals surface area contributed by atoms with Gasteiger partial charge < -0.3 is 19.2 Å². The van der Waals surface area contributed by atoms with Gasteiger partial charge in [0.25, 0.3) is 5.91 Å². The van der Waals surface area contributed by atoms with Crippen molar-refractivity contribution in [1.29, 1.82) is 0 Å². The van der Waals surface area contributed by atoms with Gasteiger partial charge in [0.05, 0.1) is 24.7 Å². The molecular weight excluding hydrogens is 462 g/mol. The van der Waals surface area contributed by atoms with Crippen LogP contribution in [-0.2, 0) is 28.7 Å². The number of furan rings is 1. The smallest absolute Gasteiger partial charge is 0.287 e. The van der Waals surface area contributed by atoms with Crippen LogP contribution in [0.25, 0.3) is 0 Å². The highest BCUT2D eigenvalue weighted by Gasteiger charge is 2.14. The molecule has 1 atom stereocenters. The van der Waals surface area contributed by atoms with E-state index in [4.69, 9.17) is 25.5 Å². The fourth-order valence-electron chi connectivity index (χ4n) is 3.23. The maximum Gasteiger partial charge on any atom is 0.287 e. The topological polar surface area (TPSA) is 77.8 Å². The summed E-state index contributed by atoms with van der Waals surface area (Å²) in [5.41, 5.74) is 1.85. The Morgan fingerprint density at radius 3 is 2.52 bits per heavy atom. The Balaban J connectivity index is 1.50. The molecule has 0 spiro atoms. The van der Waals surface area contributed by atoms with E-state index >= 15 is 0 Å². The summed E-state index contributed by atoms with van der Waals surface area (Å²) in [7, 11) is -1.20. The third kappa shape index (κ3) is 7.37. The zero-order valence-corrected chi connectivity index (χ0v) is 20.3. The zero-order valence-electron chi connectivity index (χ0n) is 18.8. The Morgan fingerprint density at radius 1 is 1.00 bits per heavy atom. The van der Waals surface area contributed by atoms with E-state index < -0.39 is 10.8 Å². The molecule has 0 aliphatic heterocycles. The van der Waals surface area contributed by atoms with Crippen LogP contribution in [0.4, 0.5) is 0 Å². The molecule has 8 heteroatoms.